The van der Waals surface area contributed by atoms with Crippen molar-refractivity contribution in [3.8, 4) is 0 Å². The quantitative estimate of drug-likeness (QED) is 0.361. The predicted octanol–water partition coefficient (Wildman–Crippen LogP) is 1.89. The van der Waals surface area contributed by atoms with Gasteiger partial charge in [-0.15, -0.1) is 0 Å². The number of rotatable bonds is 8. The standard InChI is InChI=1S/C21H33N5O2/c1-4-6-12-23-20(28)17-9-7-16(8-10-17)14-24-21(22-3)25-18-11-13-26(15-18)19(27)5-2/h7-10,18H,4-6,11-15H2,1-3H3,(H,23,28)(H2,22,24,25). The van der Waals surface area contributed by atoms with Crippen molar-refractivity contribution >= 4 is 17.8 Å². The van der Waals surface area contributed by atoms with Gasteiger partial charge in [0.05, 0.1) is 0 Å². The number of guanidine groups is 1. The maximum Gasteiger partial charge on any atom is 0.251 e. The van der Waals surface area contributed by atoms with Crippen molar-refractivity contribution in [2.45, 2.75) is 52.1 Å². The van der Waals surface area contributed by atoms with Crippen LogP contribution in [0, 0.1) is 0 Å². The SMILES string of the molecule is CCCCNC(=O)c1ccc(CNC(=NC)NC2CCN(C(=O)CC)C2)cc1. The molecule has 0 aromatic heterocycles. The maximum atomic E-state index is 12.0. The van der Waals surface area contributed by atoms with Crippen molar-refractivity contribution in [2.75, 3.05) is 26.7 Å². The van der Waals surface area contributed by atoms with Crippen molar-refractivity contribution < 1.29 is 9.59 Å². The number of aliphatic imine (C=N–C) groups is 1. The highest BCUT2D eigenvalue weighted by molar-refractivity contribution is 5.94. The molecular weight excluding hydrogens is 354 g/mol. The van der Waals surface area contributed by atoms with E-state index < -0.39 is 0 Å². The fourth-order valence-electron chi connectivity index (χ4n) is 3.16. The maximum absolute atomic E-state index is 12.0. The van der Waals surface area contributed by atoms with Gasteiger partial charge < -0.3 is 20.9 Å². The van der Waals surface area contributed by atoms with Gasteiger partial charge in [0, 0.05) is 51.3 Å². The Labute approximate surface area is 168 Å². The molecule has 1 fully saturated rings. The molecule has 1 aromatic carbocycles. The molecule has 1 atom stereocenters. The fourth-order valence-corrected chi connectivity index (χ4v) is 3.16. The van der Waals surface area contributed by atoms with Crippen molar-refractivity contribution in [1.82, 2.24) is 20.9 Å². The molecule has 28 heavy (non-hydrogen) atoms. The summed E-state index contributed by atoms with van der Waals surface area (Å²) in [5.41, 5.74) is 1.75. The van der Waals surface area contributed by atoms with E-state index in [-0.39, 0.29) is 17.9 Å². The van der Waals surface area contributed by atoms with E-state index >= 15 is 0 Å². The van der Waals surface area contributed by atoms with Crippen LogP contribution in [0.5, 0.6) is 0 Å². The number of hydrogen-bond acceptors (Lipinski definition) is 3. The summed E-state index contributed by atoms with van der Waals surface area (Å²) in [6.07, 6.45) is 3.53. The number of nitrogens with zero attached hydrogens (tertiary/aromatic N) is 2. The highest BCUT2D eigenvalue weighted by Crippen LogP contribution is 2.10. The lowest BCUT2D eigenvalue weighted by Gasteiger charge is -2.18. The molecule has 1 aromatic rings. The summed E-state index contributed by atoms with van der Waals surface area (Å²) < 4.78 is 0. The Bertz CT molecular complexity index is 672. The number of likely N-dealkylation sites (tertiary alicyclic amines) is 1. The molecule has 0 radical (unpaired) electrons. The second kappa shape index (κ2) is 11.3. The molecule has 0 aliphatic carbocycles. The summed E-state index contributed by atoms with van der Waals surface area (Å²) in [4.78, 5) is 30.0. The van der Waals surface area contributed by atoms with Crippen LogP contribution in [-0.4, -0.2) is 55.4 Å². The molecular formula is C21H33N5O2. The molecule has 0 spiro atoms. The lowest BCUT2D eigenvalue weighted by Crippen LogP contribution is -2.44. The Morgan fingerprint density at radius 2 is 1.93 bits per heavy atom. The molecule has 0 bridgehead atoms. The van der Waals surface area contributed by atoms with Crippen LogP contribution >= 0.6 is 0 Å². The van der Waals surface area contributed by atoms with E-state index in [9.17, 15) is 9.59 Å². The van der Waals surface area contributed by atoms with Gasteiger partial charge in [-0.1, -0.05) is 32.4 Å². The van der Waals surface area contributed by atoms with Crippen LogP contribution in [-0.2, 0) is 11.3 Å². The van der Waals surface area contributed by atoms with Crippen molar-refractivity contribution in [3.63, 3.8) is 0 Å². The summed E-state index contributed by atoms with van der Waals surface area (Å²) in [5, 5.41) is 9.60. The highest BCUT2D eigenvalue weighted by atomic mass is 16.2. The molecule has 2 rings (SSSR count). The fraction of sp³-hybridized carbons (Fsp3) is 0.571. The average Bonchev–Trinajstić information content (AvgIpc) is 3.19. The normalized spacial score (nSPS) is 16.8. The Kier molecular flexibility index (Phi) is 8.78. The Balaban J connectivity index is 1.79. The zero-order valence-electron chi connectivity index (χ0n) is 17.3. The van der Waals surface area contributed by atoms with E-state index in [1.54, 1.807) is 7.05 Å². The molecule has 1 aliphatic heterocycles. The van der Waals surface area contributed by atoms with Crippen molar-refractivity contribution in [2.24, 2.45) is 4.99 Å². The van der Waals surface area contributed by atoms with Gasteiger partial charge in [-0.2, -0.15) is 0 Å². The third kappa shape index (κ3) is 6.55. The lowest BCUT2D eigenvalue weighted by molar-refractivity contribution is -0.129. The molecule has 1 aliphatic rings. The first-order valence-corrected chi connectivity index (χ1v) is 10.2. The summed E-state index contributed by atoms with van der Waals surface area (Å²) in [7, 11) is 1.74. The Hall–Kier alpha value is -2.57. The van der Waals surface area contributed by atoms with E-state index in [1.165, 1.54) is 0 Å². The topological polar surface area (TPSA) is 85.8 Å². The van der Waals surface area contributed by atoms with Gasteiger partial charge in [0.25, 0.3) is 5.91 Å². The van der Waals surface area contributed by atoms with Gasteiger partial charge in [0.15, 0.2) is 5.96 Å². The van der Waals surface area contributed by atoms with E-state index in [0.29, 0.717) is 25.1 Å². The summed E-state index contributed by atoms with van der Waals surface area (Å²) in [6, 6.07) is 7.81. The van der Waals surface area contributed by atoms with Crippen LogP contribution in [0.2, 0.25) is 0 Å². The first-order chi connectivity index (χ1) is 13.6. The Morgan fingerprint density at radius 1 is 1.18 bits per heavy atom. The number of carbonyl (C=O) groups excluding carboxylic acids is 2. The zero-order chi connectivity index (χ0) is 20.4. The summed E-state index contributed by atoms with van der Waals surface area (Å²) in [5.74, 6) is 0.890. The molecule has 7 nitrogen and oxygen atoms in total. The summed E-state index contributed by atoms with van der Waals surface area (Å²) in [6.45, 7) is 6.83. The van der Waals surface area contributed by atoms with Crippen LogP contribution in [0.3, 0.4) is 0 Å². The molecule has 1 unspecified atom stereocenters. The van der Waals surface area contributed by atoms with E-state index in [4.69, 9.17) is 0 Å². The molecule has 2 amide bonds. The minimum atomic E-state index is -0.0298. The molecule has 154 valence electrons. The van der Waals surface area contributed by atoms with Gasteiger partial charge in [0.1, 0.15) is 0 Å². The molecule has 0 saturated carbocycles. The van der Waals surface area contributed by atoms with Crippen LogP contribution in [0.1, 0.15) is 55.5 Å². The number of amides is 2. The second-order valence-corrected chi connectivity index (χ2v) is 7.06. The smallest absolute Gasteiger partial charge is 0.251 e. The molecule has 7 heteroatoms. The zero-order valence-corrected chi connectivity index (χ0v) is 17.3. The first kappa shape index (κ1) is 21.7. The largest absolute Gasteiger partial charge is 0.352 e. The second-order valence-electron chi connectivity index (χ2n) is 7.06. The minimum Gasteiger partial charge on any atom is -0.352 e. The minimum absolute atomic E-state index is 0.0298. The molecule has 3 N–H and O–H groups in total. The summed E-state index contributed by atoms with van der Waals surface area (Å²) >= 11 is 0. The van der Waals surface area contributed by atoms with Gasteiger partial charge in [-0.05, 0) is 30.5 Å². The van der Waals surface area contributed by atoms with Gasteiger partial charge in [-0.25, -0.2) is 0 Å². The van der Waals surface area contributed by atoms with E-state index in [1.807, 2.05) is 36.1 Å². The number of carbonyl (C=O) groups is 2. The average molecular weight is 388 g/mol. The predicted molar refractivity (Wildman–Crippen MR) is 112 cm³/mol. The lowest BCUT2D eigenvalue weighted by atomic mass is 10.1. The third-order valence-corrected chi connectivity index (χ3v) is 4.90. The third-order valence-electron chi connectivity index (χ3n) is 4.90. The number of hydrogen-bond donors (Lipinski definition) is 3. The van der Waals surface area contributed by atoms with Crippen LogP contribution in [0.15, 0.2) is 29.3 Å². The van der Waals surface area contributed by atoms with Gasteiger partial charge in [-0.3, -0.25) is 14.6 Å². The molecule has 1 heterocycles. The highest BCUT2D eigenvalue weighted by Gasteiger charge is 2.25. The van der Waals surface area contributed by atoms with Crippen LogP contribution in [0.4, 0.5) is 0 Å². The number of unbranched alkanes of at least 4 members (excludes halogenated alkanes) is 1. The molecule has 1 saturated heterocycles. The van der Waals surface area contributed by atoms with E-state index in [2.05, 4.69) is 27.9 Å². The van der Waals surface area contributed by atoms with Gasteiger partial charge in [0.2, 0.25) is 5.91 Å². The Morgan fingerprint density at radius 3 is 2.57 bits per heavy atom. The van der Waals surface area contributed by atoms with Crippen molar-refractivity contribution in [1.29, 1.82) is 0 Å². The van der Waals surface area contributed by atoms with Crippen molar-refractivity contribution in [3.05, 3.63) is 35.4 Å². The first-order valence-electron chi connectivity index (χ1n) is 10.2. The monoisotopic (exact) mass is 387 g/mol. The number of benzene rings is 1. The van der Waals surface area contributed by atoms with E-state index in [0.717, 1.165) is 43.9 Å². The van der Waals surface area contributed by atoms with Gasteiger partial charge >= 0.3 is 0 Å². The van der Waals surface area contributed by atoms with Crippen LogP contribution in [0.25, 0.3) is 0 Å². The number of nitrogens with one attached hydrogen (secondary N) is 3. The van der Waals surface area contributed by atoms with Crippen LogP contribution < -0.4 is 16.0 Å².